The third-order valence-electron chi connectivity index (χ3n) is 1.58. The van der Waals surface area contributed by atoms with Crippen molar-refractivity contribution in [2.45, 2.75) is 13.0 Å². The van der Waals surface area contributed by atoms with Crippen molar-refractivity contribution < 1.29 is 0 Å². The molecule has 0 heterocycles. The molecule has 0 fully saturated rings. The van der Waals surface area contributed by atoms with Crippen molar-refractivity contribution in [2.24, 2.45) is 10.9 Å². The van der Waals surface area contributed by atoms with Crippen LogP contribution in [-0.2, 0) is 0 Å². The van der Waals surface area contributed by atoms with Crippen LogP contribution < -0.4 is 0 Å². The molecule has 1 aliphatic rings. The SMILES string of the molecule is C=NC1C=CC=CC1C. The Kier molecular flexibility index (Phi) is 1.83. The van der Waals surface area contributed by atoms with E-state index in [9.17, 15) is 0 Å². The van der Waals surface area contributed by atoms with Gasteiger partial charge in [-0.05, 0) is 6.72 Å². The monoisotopic (exact) mass is 121 g/mol. The van der Waals surface area contributed by atoms with Crippen molar-refractivity contribution in [3.05, 3.63) is 24.3 Å². The second-order valence-electron chi connectivity index (χ2n) is 2.30. The van der Waals surface area contributed by atoms with Crippen LogP contribution in [0, 0.1) is 5.92 Å². The largest absolute Gasteiger partial charge is 0.293 e. The quantitative estimate of drug-likeness (QED) is 0.469. The molecule has 0 radical (unpaired) electrons. The highest BCUT2D eigenvalue weighted by molar-refractivity contribution is 5.28. The minimum Gasteiger partial charge on any atom is -0.293 e. The first-order chi connectivity index (χ1) is 4.34. The van der Waals surface area contributed by atoms with Crippen molar-refractivity contribution in [3.8, 4) is 0 Å². The average Bonchev–Trinajstić information content (AvgIpc) is 1.89. The Bertz CT molecular complexity index is 156. The highest BCUT2D eigenvalue weighted by atomic mass is 14.7. The van der Waals surface area contributed by atoms with Crippen LogP contribution in [0.15, 0.2) is 29.3 Å². The molecule has 9 heavy (non-hydrogen) atoms. The van der Waals surface area contributed by atoms with E-state index in [0.717, 1.165) is 0 Å². The lowest BCUT2D eigenvalue weighted by molar-refractivity contribution is 0.630. The lowest BCUT2D eigenvalue weighted by atomic mass is 9.98. The van der Waals surface area contributed by atoms with Crippen molar-refractivity contribution >= 4 is 6.72 Å². The summed E-state index contributed by atoms with van der Waals surface area (Å²) in [6.07, 6.45) is 8.27. The van der Waals surface area contributed by atoms with Gasteiger partial charge in [-0.1, -0.05) is 31.2 Å². The molecule has 1 nitrogen and oxygen atoms in total. The second kappa shape index (κ2) is 2.62. The standard InChI is InChI=1S/C8H11N/c1-7-5-3-4-6-8(7)9-2/h3-8H,2H2,1H3. The summed E-state index contributed by atoms with van der Waals surface area (Å²) in [4.78, 5) is 3.94. The first-order valence-corrected chi connectivity index (χ1v) is 3.15. The maximum atomic E-state index is 3.94. The molecule has 2 unspecified atom stereocenters. The minimum absolute atomic E-state index is 0.301. The first kappa shape index (κ1) is 6.27. The van der Waals surface area contributed by atoms with Gasteiger partial charge in [-0.25, -0.2) is 0 Å². The fourth-order valence-electron chi connectivity index (χ4n) is 0.934. The van der Waals surface area contributed by atoms with E-state index in [1.165, 1.54) is 0 Å². The number of allylic oxidation sites excluding steroid dienone is 2. The van der Waals surface area contributed by atoms with Crippen molar-refractivity contribution in [3.63, 3.8) is 0 Å². The Morgan fingerprint density at radius 2 is 2.00 bits per heavy atom. The molecule has 0 spiro atoms. The van der Waals surface area contributed by atoms with Crippen LogP contribution in [0.2, 0.25) is 0 Å². The molecule has 48 valence electrons. The summed E-state index contributed by atoms with van der Waals surface area (Å²) < 4.78 is 0. The van der Waals surface area contributed by atoms with Crippen LogP contribution in [0.25, 0.3) is 0 Å². The summed E-state index contributed by atoms with van der Waals surface area (Å²) in [5.74, 6) is 0.521. The van der Waals surface area contributed by atoms with Crippen LogP contribution in [0.4, 0.5) is 0 Å². The van der Waals surface area contributed by atoms with Crippen LogP contribution in [-0.4, -0.2) is 12.8 Å². The van der Waals surface area contributed by atoms with Crippen LogP contribution in [0.5, 0.6) is 0 Å². The maximum absolute atomic E-state index is 3.94. The Morgan fingerprint density at radius 3 is 2.44 bits per heavy atom. The van der Waals surface area contributed by atoms with Gasteiger partial charge in [0.25, 0.3) is 0 Å². The van der Waals surface area contributed by atoms with Gasteiger partial charge in [-0.2, -0.15) is 0 Å². The van der Waals surface area contributed by atoms with Gasteiger partial charge in [0.2, 0.25) is 0 Å². The Labute approximate surface area is 55.8 Å². The fraction of sp³-hybridized carbons (Fsp3) is 0.375. The average molecular weight is 121 g/mol. The van der Waals surface area contributed by atoms with E-state index in [4.69, 9.17) is 0 Å². The second-order valence-corrected chi connectivity index (χ2v) is 2.30. The maximum Gasteiger partial charge on any atom is 0.0735 e. The zero-order valence-electron chi connectivity index (χ0n) is 5.62. The third-order valence-corrected chi connectivity index (χ3v) is 1.58. The topological polar surface area (TPSA) is 12.4 Å². The summed E-state index contributed by atoms with van der Waals surface area (Å²) in [7, 11) is 0. The van der Waals surface area contributed by atoms with Crippen molar-refractivity contribution in [2.75, 3.05) is 0 Å². The smallest absolute Gasteiger partial charge is 0.0735 e. The molecule has 0 saturated heterocycles. The summed E-state index contributed by atoms with van der Waals surface area (Å²) in [5, 5.41) is 0. The lowest BCUT2D eigenvalue weighted by Crippen LogP contribution is -2.11. The number of hydrogen-bond donors (Lipinski definition) is 0. The summed E-state index contributed by atoms with van der Waals surface area (Å²) >= 11 is 0. The number of hydrogen-bond acceptors (Lipinski definition) is 1. The predicted molar refractivity (Wildman–Crippen MR) is 40.8 cm³/mol. The summed E-state index contributed by atoms with van der Waals surface area (Å²) in [6.45, 7) is 5.64. The van der Waals surface area contributed by atoms with Gasteiger partial charge in [0.1, 0.15) is 0 Å². The lowest BCUT2D eigenvalue weighted by Gasteiger charge is -2.14. The normalized spacial score (nSPS) is 32.6. The van der Waals surface area contributed by atoms with Gasteiger partial charge < -0.3 is 0 Å². The van der Waals surface area contributed by atoms with Gasteiger partial charge in [0.15, 0.2) is 0 Å². The molecular weight excluding hydrogens is 110 g/mol. The Hall–Kier alpha value is -0.850. The zero-order valence-corrected chi connectivity index (χ0v) is 5.62. The molecule has 1 heteroatoms. The number of rotatable bonds is 1. The van der Waals surface area contributed by atoms with Crippen LogP contribution in [0.1, 0.15) is 6.92 Å². The van der Waals surface area contributed by atoms with E-state index >= 15 is 0 Å². The molecule has 1 aliphatic carbocycles. The number of nitrogens with zero attached hydrogens (tertiary/aromatic N) is 1. The molecule has 0 amide bonds. The highest BCUT2D eigenvalue weighted by Crippen LogP contribution is 2.13. The van der Waals surface area contributed by atoms with E-state index in [2.05, 4.69) is 30.8 Å². The molecule has 1 rings (SSSR count). The molecule has 0 aromatic carbocycles. The van der Waals surface area contributed by atoms with Crippen LogP contribution in [0.3, 0.4) is 0 Å². The Morgan fingerprint density at radius 1 is 1.33 bits per heavy atom. The molecule has 0 aromatic heterocycles. The van der Waals surface area contributed by atoms with E-state index in [0.29, 0.717) is 12.0 Å². The van der Waals surface area contributed by atoms with E-state index < -0.39 is 0 Å². The van der Waals surface area contributed by atoms with Crippen molar-refractivity contribution in [1.82, 2.24) is 0 Å². The molecule has 2 atom stereocenters. The first-order valence-electron chi connectivity index (χ1n) is 3.15. The third kappa shape index (κ3) is 1.28. The zero-order chi connectivity index (χ0) is 6.69. The van der Waals surface area contributed by atoms with E-state index in [1.54, 1.807) is 0 Å². The van der Waals surface area contributed by atoms with Gasteiger partial charge in [0, 0.05) is 5.92 Å². The molecular formula is C8H11N. The Balaban J connectivity index is 2.65. The summed E-state index contributed by atoms with van der Waals surface area (Å²) in [6, 6.07) is 0.301. The predicted octanol–water partition coefficient (Wildman–Crippen LogP) is 1.82. The fourth-order valence-corrected chi connectivity index (χ4v) is 0.934. The molecule has 0 aromatic rings. The highest BCUT2D eigenvalue weighted by Gasteiger charge is 2.09. The molecule has 0 saturated carbocycles. The summed E-state index contributed by atoms with van der Waals surface area (Å²) in [5.41, 5.74) is 0. The van der Waals surface area contributed by atoms with Gasteiger partial charge in [-0.3, -0.25) is 4.99 Å². The van der Waals surface area contributed by atoms with Gasteiger partial charge >= 0.3 is 0 Å². The number of aliphatic imine (C=N–C) groups is 1. The van der Waals surface area contributed by atoms with Crippen molar-refractivity contribution in [1.29, 1.82) is 0 Å². The van der Waals surface area contributed by atoms with E-state index in [1.807, 2.05) is 12.2 Å². The van der Waals surface area contributed by atoms with Gasteiger partial charge in [0.05, 0.1) is 6.04 Å². The van der Waals surface area contributed by atoms with E-state index in [-0.39, 0.29) is 0 Å². The molecule has 0 N–H and O–H groups in total. The van der Waals surface area contributed by atoms with Gasteiger partial charge in [-0.15, -0.1) is 0 Å². The molecule has 0 bridgehead atoms. The minimum atomic E-state index is 0.301. The van der Waals surface area contributed by atoms with Crippen LogP contribution >= 0.6 is 0 Å². The molecule has 0 aliphatic heterocycles.